The van der Waals surface area contributed by atoms with Gasteiger partial charge in [-0.2, -0.15) is 26.9 Å². The number of hydrogen-bond acceptors (Lipinski definition) is 6. The van der Waals surface area contributed by atoms with E-state index in [0.717, 1.165) is 7.11 Å². The summed E-state index contributed by atoms with van der Waals surface area (Å²) < 4.78 is 70.6. The molecule has 0 fully saturated rings. The number of ether oxygens (including phenoxy) is 1. The molecule has 10 heteroatoms. The third-order valence-corrected chi connectivity index (χ3v) is 5.26. The Morgan fingerprint density at radius 1 is 1.25 bits per heavy atom. The fourth-order valence-corrected chi connectivity index (χ4v) is 3.45. The van der Waals surface area contributed by atoms with Gasteiger partial charge in [-0.3, -0.25) is 0 Å². The number of methoxy groups -OCH3 is 1. The van der Waals surface area contributed by atoms with Crippen molar-refractivity contribution in [2.75, 3.05) is 7.11 Å². The average Bonchev–Trinajstić information content (AvgIpc) is 2.62. The Hall–Kier alpha value is -2.80. The normalized spacial score (nSPS) is 19.9. The summed E-state index contributed by atoms with van der Waals surface area (Å²) in [7, 11) is -4.81. The van der Waals surface area contributed by atoms with Crippen molar-refractivity contribution >= 4 is 16.1 Å². The number of alkyl halides is 3. The number of benzene rings is 1. The van der Waals surface area contributed by atoms with Crippen LogP contribution in [0.1, 0.15) is 24.5 Å². The first-order valence-electron chi connectivity index (χ1n) is 7.94. The van der Waals surface area contributed by atoms with Crippen LogP contribution >= 0.6 is 0 Å². The third kappa shape index (κ3) is 4.20. The largest absolute Gasteiger partial charge is 0.534 e. The van der Waals surface area contributed by atoms with Gasteiger partial charge in [0.2, 0.25) is 0 Å². The lowest BCUT2D eigenvalue weighted by molar-refractivity contribution is -0.137. The molecule has 0 amide bonds. The van der Waals surface area contributed by atoms with Crippen molar-refractivity contribution in [3.05, 3.63) is 58.9 Å². The molecule has 0 bridgehead atoms. The molecule has 0 saturated carbocycles. The van der Waals surface area contributed by atoms with Gasteiger partial charge < -0.3 is 8.92 Å². The molecule has 0 saturated heterocycles. The number of nitrogens with zero attached hydrogens (tertiary/aromatic N) is 1. The molecule has 0 N–H and O–H groups in total. The van der Waals surface area contributed by atoms with E-state index in [-0.39, 0.29) is 18.4 Å². The zero-order valence-corrected chi connectivity index (χ0v) is 15.7. The number of allylic oxidation sites excluding steroid dienone is 3. The monoisotopic (exact) mass is 415 g/mol. The van der Waals surface area contributed by atoms with Crippen LogP contribution in [0.15, 0.2) is 47.7 Å². The maximum Gasteiger partial charge on any atom is 0.534 e. The number of carbonyl (C=O) groups is 1. The van der Waals surface area contributed by atoms with Gasteiger partial charge in [0.15, 0.2) is 0 Å². The minimum Gasteiger partial charge on any atom is -0.466 e. The maximum atomic E-state index is 12.8. The lowest BCUT2D eigenvalue weighted by atomic mass is 9.72. The molecule has 150 valence electrons. The van der Waals surface area contributed by atoms with Crippen LogP contribution in [0.3, 0.4) is 0 Å². The van der Waals surface area contributed by atoms with Crippen molar-refractivity contribution in [2.45, 2.75) is 25.3 Å². The number of carbonyl (C=O) groups excluding carboxylic acids is 1. The van der Waals surface area contributed by atoms with Crippen molar-refractivity contribution in [1.82, 2.24) is 0 Å². The second-order valence-corrected chi connectivity index (χ2v) is 7.75. The highest BCUT2D eigenvalue weighted by Crippen LogP contribution is 2.45. The summed E-state index contributed by atoms with van der Waals surface area (Å²) >= 11 is 0. The van der Waals surface area contributed by atoms with Crippen molar-refractivity contribution in [3.8, 4) is 6.07 Å². The quantitative estimate of drug-likeness (QED) is 0.416. The van der Waals surface area contributed by atoms with Gasteiger partial charge in [-0.1, -0.05) is 18.2 Å². The fraction of sp³-hybridized carbons (Fsp3) is 0.333. The zero-order chi connectivity index (χ0) is 21.2. The summed E-state index contributed by atoms with van der Waals surface area (Å²) in [5.41, 5.74) is -6.24. The number of rotatable bonds is 5. The van der Waals surface area contributed by atoms with Gasteiger partial charge in [0.1, 0.15) is 5.76 Å². The number of nitriles is 1. The molecule has 0 spiro atoms. The number of halogens is 3. The van der Waals surface area contributed by atoms with Crippen molar-refractivity contribution in [2.24, 2.45) is 5.41 Å². The Labute approximate surface area is 160 Å². The molecule has 0 unspecified atom stereocenters. The molecular weight excluding hydrogens is 399 g/mol. The lowest BCUT2D eigenvalue weighted by Crippen LogP contribution is -2.36. The van der Waals surface area contributed by atoms with Crippen molar-refractivity contribution in [3.63, 3.8) is 0 Å². The highest BCUT2D eigenvalue weighted by atomic mass is 32.2. The number of esters is 1. The van der Waals surface area contributed by atoms with Gasteiger partial charge >= 0.3 is 21.6 Å². The van der Waals surface area contributed by atoms with E-state index in [2.05, 4.69) is 4.18 Å². The third-order valence-electron chi connectivity index (χ3n) is 4.29. The SMILES string of the molecule is COC(=O)C1=CCC=C(OS(=O)(=O)C(F)(F)F)[C@@]1(C)Cc1ccc(C#N)cc1. The minimum absolute atomic E-state index is 0.00387. The Balaban J connectivity index is 2.49. The molecular formula is C18H16F3NO5S. The van der Waals surface area contributed by atoms with Crippen molar-refractivity contribution in [1.29, 1.82) is 5.26 Å². The second-order valence-electron chi connectivity index (χ2n) is 6.21. The first-order chi connectivity index (χ1) is 12.9. The topological polar surface area (TPSA) is 93.5 Å². The summed E-state index contributed by atoms with van der Waals surface area (Å²) in [6.45, 7) is 1.39. The van der Waals surface area contributed by atoms with Gasteiger partial charge in [0, 0.05) is 5.57 Å². The molecule has 1 aromatic rings. The molecule has 0 aliphatic heterocycles. The molecule has 0 aromatic heterocycles. The highest BCUT2D eigenvalue weighted by Gasteiger charge is 2.52. The molecule has 0 heterocycles. The molecule has 0 radical (unpaired) electrons. The van der Waals surface area contributed by atoms with E-state index >= 15 is 0 Å². The Morgan fingerprint density at radius 3 is 2.36 bits per heavy atom. The molecule has 1 aliphatic carbocycles. The van der Waals surface area contributed by atoms with Crippen LogP contribution in [0.25, 0.3) is 0 Å². The van der Waals surface area contributed by atoms with E-state index in [0.29, 0.717) is 11.1 Å². The smallest absolute Gasteiger partial charge is 0.466 e. The molecule has 1 atom stereocenters. The van der Waals surface area contributed by atoms with Crippen LogP contribution in [0, 0.1) is 16.7 Å². The summed E-state index contributed by atoms with van der Waals surface area (Å²) in [6.07, 6.45) is 2.57. The fourth-order valence-electron chi connectivity index (χ4n) is 2.86. The highest BCUT2D eigenvalue weighted by molar-refractivity contribution is 7.87. The van der Waals surface area contributed by atoms with Crippen LogP contribution in [-0.2, 0) is 30.3 Å². The molecule has 1 aliphatic rings. The maximum absolute atomic E-state index is 12.8. The van der Waals surface area contributed by atoms with E-state index < -0.39 is 32.8 Å². The zero-order valence-electron chi connectivity index (χ0n) is 14.9. The molecule has 2 rings (SSSR count). The van der Waals surface area contributed by atoms with E-state index in [9.17, 15) is 26.4 Å². The van der Waals surface area contributed by atoms with Gasteiger partial charge in [0.25, 0.3) is 0 Å². The van der Waals surface area contributed by atoms with Crippen molar-refractivity contribution < 1.29 is 35.3 Å². The average molecular weight is 415 g/mol. The summed E-state index contributed by atoms with van der Waals surface area (Å²) in [4.78, 5) is 12.2. The van der Waals surface area contributed by atoms with Gasteiger partial charge in [0.05, 0.1) is 24.2 Å². The standard InChI is InChI=1S/C18H16F3NO5S/c1-17(10-12-6-8-13(11-22)9-7-12)14(16(23)26-2)4-3-5-15(17)27-28(24,25)18(19,20)21/h4-9H,3,10H2,1-2H3/t17-/m0/s1. The predicted octanol–water partition coefficient (Wildman–Crippen LogP) is 3.36. The van der Waals surface area contributed by atoms with Crippen LogP contribution in [0.2, 0.25) is 0 Å². The van der Waals surface area contributed by atoms with E-state index in [1.807, 2.05) is 6.07 Å². The first-order valence-corrected chi connectivity index (χ1v) is 9.35. The minimum atomic E-state index is -5.92. The van der Waals surface area contributed by atoms with Crippen LogP contribution < -0.4 is 0 Å². The van der Waals surface area contributed by atoms with Gasteiger partial charge in [-0.25, -0.2) is 4.79 Å². The van der Waals surface area contributed by atoms with E-state index in [4.69, 9.17) is 10.00 Å². The van der Waals surface area contributed by atoms with E-state index in [1.54, 1.807) is 12.1 Å². The second kappa shape index (κ2) is 7.67. The Kier molecular flexibility index (Phi) is 5.89. The number of hydrogen-bond donors (Lipinski definition) is 0. The first kappa shape index (κ1) is 21.5. The van der Waals surface area contributed by atoms with E-state index in [1.165, 1.54) is 31.2 Å². The molecule has 1 aromatic carbocycles. The lowest BCUT2D eigenvalue weighted by Gasteiger charge is -2.35. The van der Waals surface area contributed by atoms with Crippen LogP contribution in [-0.4, -0.2) is 27.0 Å². The van der Waals surface area contributed by atoms with Gasteiger partial charge in [-0.15, -0.1) is 0 Å². The van der Waals surface area contributed by atoms with Gasteiger partial charge in [-0.05, 0) is 43.5 Å². The van der Waals surface area contributed by atoms with Crippen LogP contribution in [0.4, 0.5) is 13.2 Å². The summed E-state index contributed by atoms with van der Waals surface area (Å²) in [5, 5.41) is 8.87. The summed E-state index contributed by atoms with van der Waals surface area (Å²) in [5.74, 6) is -1.33. The molecule has 28 heavy (non-hydrogen) atoms. The molecule has 6 nitrogen and oxygen atoms in total. The Bertz CT molecular complexity index is 972. The predicted molar refractivity (Wildman–Crippen MR) is 91.8 cm³/mol. The Morgan fingerprint density at radius 2 is 1.86 bits per heavy atom. The van der Waals surface area contributed by atoms with Crippen LogP contribution in [0.5, 0.6) is 0 Å². The summed E-state index contributed by atoms with van der Waals surface area (Å²) in [6, 6.07) is 8.05.